The number of amides is 1. The highest BCUT2D eigenvalue weighted by atomic mass is 32.2. The molecule has 2 heterocycles. The predicted octanol–water partition coefficient (Wildman–Crippen LogP) is 3.10. The van der Waals surface area contributed by atoms with Crippen LogP contribution in [0.15, 0.2) is 53.7 Å². The van der Waals surface area contributed by atoms with E-state index in [1.54, 1.807) is 17.0 Å². The lowest BCUT2D eigenvalue weighted by molar-refractivity contribution is -0.384. The second-order valence-corrected chi connectivity index (χ2v) is 8.01. The SMILES string of the molecule is Cc1ccc(-n2c(SCC(=O)N3CCOCC3)nnc2-c2ccc([N+](=O)[O-])cc2)cc1. The minimum atomic E-state index is -0.437. The summed E-state index contributed by atoms with van der Waals surface area (Å²) in [6, 6.07) is 14.1. The Kier molecular flexibility index (Phi) is 6.28. The maximum Gasteiger partial charge on any atom is 0.269 e. The van der Waals surface area contributed by atoms with Crippen LogP contribution in [-0.2, 0) is 9.53 Å². The molecule has 1 aromatic heterocycles. The number of nitrogens with zero attached hydrogens (tertiary/aromatic N) is 5. The number of hydrogen-bond acceptors (Lipinski definition) is 7. The summed E-state index contributed by atoms with van der Waals surface area (Å²) in [4.78, 5) is 24.9. The molecular formula is C21H21N5O4S. The largest absolute Gasteiger partial charge is 0.378 e. The average Bonchev–Trinajstić information content (AvgIpc) is 3.22. The van der Waals surface area contributed by atoms with E-state index in [0.717, 1.165) is 11.3 Å². The lowest BCUT2D eigenvalue weighted by Crippen LogP contribution is -2.41. The molecule has 160 valence electrons. The van der Waals surface area contributed by atoms with Gasteiger partial charge in [-0.25, -0.2) is 0 Å². The molecule has 3 aromatic rings. The summed E-state index contributed by atoms with van der Waals surface area (Å²) in [5.74, 6) is 0.827. The second kappa shape index (κ2) is 9.27. The van der Waals surface area contributed by atoms with Gasteiger partial charge in [0.1, 0.15) is 0 Å². The molecule has 1 aliphatic heterocycles. The number of benzene rings is 2. The van der Waals surface area contributed by atoms with Crippen molar-refractivity contribution in [3.63, 3.8) is 0 Å². The van der Waals surface area contributed by atoms with E-state index in [0.29, 0.717) is 42.8 Å². The summed E-state index contributed by atoms with van der Waals surface area (Å²) in [5, 5.41) is 20.2. The Morgan fingerprint density at radius 2 is 1.77 bits per heavy atom. The minimum Gasteiger partial charge on any atom is -0.378 e. The fourth-order valence-electron chi connectivity index (χ4n) is 3.24. The molecule has 0 bridgehead atoms. The van der Waals surface area contributed by atoms with E-state index in [-0.39, 0.29) is 17.3 Å². The quantitative estimate of drug-likeness (QED) is 0.330. The molecule has 0 spiro atoms. The van der Waals surface area contributed by atoms with Crippen LogP contribution in [0.5, 0.6) is 0 Å². The fraction of sp³-hybridized carbons (Fsp3) is 0.286. The first-order valence-corrected chi connectivity index (χ1v) is 10.8. The zero-order valence-corrected chi connectivity index (χ0v) is 17.7. The van der Waals surface area contributed by atoms with Crippen molar-refractivity contribution in [2.45, 2.75) is 12.1 Å². The van der Waals surface area contributed by atoms with Gasteiger partial charge in [0, 0.05) is 36.5 Å². The smallest absolute Gasteiger partial charge is 0.269 e. The van der Waals surface area contributed by atoms with Crippen molar-refractivity contribution in [1.29, 1.82) is 0 Å². The third kappa shape index (κ3) is 4.75. The Hall–Kier alpha value is -3.24. The molecule has 0 saturated carbocycles. The van der Waals surface area contributed by atoms with Gasteiger partial charge in [-0.05, 0) is 31.2 Å². The number of thioether (sulfide) groups is 1. The Morgan fingerprint density at radius 1 is 1.10 bits per heavy atom. The Bertz CT molecular complexity index is 1080. The molecule has 0 aliphatic carbocycles. The van der Waals surface area contributed by atoms with Crippen LogP contribution in [0.1, 0.15) is 5.56 Å². The molecule has 1 amide bonds. The molecule has 1 aliphatic rings. The van der Waals surface area contributed by atoms with Gasteiger partial charge in [0.2, 0.25) is 5.91 Å². The van der Waals surface area contributed by atoms with E-state index in [9.17, 15) is 14.9 Å². The monoisotopic (exact) mass is 439 g/mol. The Labute approximate surface area is 183 Å². The van der Waals surface area contributed by atoms with E-state index in [4.69, 9.17) is 4.74 Å². The highest BCUT2D eigenvalue weighted by Crippen LogP contribution is 2.29. The molecule has 4 rings (SSSR count). The summed E-state index contributed by atoms with van der Waals surface area (Å²) in [7, 11) is 0. The average molecular weight is 439 g/mol. The third-order valence-electron chi connectivity index (χ3n) is 4.95. The number of hydrogen-bond donors (Lipinski definition) is 0. The number of nitro benzene ring substituents is 1. The molecule has 9 nitrogen and oxygen atoms in total. The van der Waals surface area contributed by atoms with Gasteiger partial charge in [0.15, 0.2) is 11.0 Å². The highest BCUT2D eigenvalue weighted by molar-refractivity contribution is 7.99. The summed E-state index contributed by atoms with van der Waals surface area (Å²) in [6.45, 7) is 4.31. The van der Waals surface area contributed by atoms with Gasteiger partial charge >= 0.3 is 0 Å². The van der Waals surface area contributed by atoms with Crippen molar-refractivity contribution in [2.75, 3.05) is 32.1 Å². The molecule has 2 aromatic carbocycles. The van der Waals surface area contributed by atoms with Gasteiger partial charge in [-0.1, -0.05) is 29.5 Å². The summed E-state index contributed by atoms with van der Waals surface area (Å²) in [5.41, 5.74) is 2.68. The first-order chi connectivity index (χ1) is 15.0. The third-order valence-corrected chi connectivity index (χ3v) is 5.86. The number of carbonyl (C=O) groups is 1. The zero-order chi connectivity index (χ0) is 21.8. The van der Waals surface area contributed by atoms with Crippen LogP contribution in [-0.4, -0.2) is 62.6 Å². The number of nitro groups is 1. The van der Waals surface area contributed by atoms with Gasteiger partial charge in [-0.15, -0.1) is 10.2 Å². The summed E-state index contributed by atoms with van der Waals surface area (Å²) < 4.78 is 7.18. The number of rotatable bonds is 6. The number of ether oxygens (including phenoxy) is 1. The Balaban J connectivity index is 1.64. The summed E-state index contributed by atoms with van der Waals surface area (Å²) >= 11 is 1.32. The molecule has 0 N–H and O–H groups in total. The van der Waals surface area contributed by atoms with Crippen LogP contribution < -0.4 is 0 Å². The lowest BCUT2D eigenvalue weighted by Gasteiger charge is -2.26. The molecule has 0 unspecified atom stereocenters. The molecule has 1 saturated heterocycles. The second-order valence-electron chi connectivity index (χ2n) is 7.06. The van der Waals surface area contributed by atoms with E-state index in [1.165, 1.54) is 23.9 Å². The maximum absolute atomic E-state index is 12.6. The van der Waals surface area contributed by atoms with E-state index < -0.39 is 4.92 Å². The van der Waals surface area contributed by atoms with Crippen molar-refractivity contribution in [3.8, 4) is 17.1 Å². The number of aromatic nitrogens is 3. The van der Waals surface area contributed by atoms with Gasteiger partial charge in [-0.3, -0.25) is 19.5 Å². The molecule has 0 atom stereocenters. The molecule has 1 fully saturated rings. The summed E-state index contributed by atoms with van der Waals surface area (Å²) in [6.07, 6.45) is 0. The van der Waals surface area contributed by atoms with Crippen LogP contribution >= 0.6 is 11.8 Å². The standard InChI is InChI=1S/C21H21N5O4S/c1-15-2-6-17(7-3-15)25-20(16-4-8-18(9-5-16)26(28)29)22-23-21(25)31-14-19(27)24-10-12-30-13-11-24/h2-9H,10-14H2,1H3. The highest BCUT2D eigenvalue weighted by Gasteiger charge is 2.21. The predicted molar refractivity (Wildman–Crippen MR) is 116 cm³/mol. The van der Waals surface area contributed by atoms with Crippen LogP contribution in [0.25, 0.3) is 17.1 Å². The van der Waals surface area contributed by atoms with Crippen LogP contribution in [0, 0.1) is 17.0 Å². The Morgan fingerprint density at radius 3 is 2.42 bits per heavy atom. The van der Waals surface area contributed by atoms with Crippen molar-refractivity contribution < 1.29 is 14.5 Å². The fourth-order valence-corrected chi connectivity index (χ4v) is 4.09. The lowest BCUT2D eigenvalue weighted by atomic mass is 10.2. The zero-order valence-electron chi connectivity index (χ0n) is 16.9. The minimum absolute atomic E-state index is 0.0101. The van der Waals surface area contributed by atoms with Crippen molar-refractivity contribution in [2.24, 2.45) is 0 Å². The number of morpholine rings is 1. The van der Waals surface area contributed by atoms with Gasteiger partial charge < -0.3 is 9.64 Å². The van der Waals surface area contributed by atoms with Gasteiger partial charge in [0.25, 0.3) is 5.69 Å². The van der Waals surface area contributed by atoms with E-state index in [1.807, 2.05) is 35.8 Å². The van der Waals surface area contributed by atoms with Crippen LogP contribution in [0.3, 0.4) is 0 Å². The first-order valence-electron chi connectivity index (χ1n) is 9.78. The number of carbonyl (C=O) groups excluding carboxylic acids is 1. The van der Waals surface area contributed by atoms with Crippen molar-refractivity contribution in [1.82, 2.24) is 19.7 Å². The van der Waals surface area contributed by atoms with Crippen LogP contribution in [0.4, 0.5) is 5.69 Å². The normalized spacial score (nSPS) is 13.9. The van der Waals surface area contributed by atoms with Crippen LogP contribution in [0.2, 0.25) is 0 Å². The molecular weight excluding hydrogens is 418 g/mol. The van der Waals surface area contributed by atoms with E-state index in [2.05, 4.69) is 10.2 Å². The van der Waals surface area contributed by atoms with Crippen molar-refractivity contribution >= 4 is 23.4 Å². The molecule has 10 heteroatoms. The maximum atomic E-state index is 12.6. The topological polar surface area (TPSA) is 103 Å². The van der Waals surface area contributed by atoms with Gasteiger partial charge in [-0.2, -0.15) is 0 Å². The number of aryl methyl sites for hydroxylation is 1. The molecule has 0 radical (unpaired) electrons. The number of non-ortho nitro benzene ring substituents is 1. The van der Waals surface area contributed by atoms with Crippen molar-refractivity contribution in [3.05, 3.63) is 64.2 Å². The first kappa shape index (κ1) is 21.0. The van der Waals surface area contributed by atoms with E-state index >= 15 is 0 Å². The van der Waals surface area contributed by atoms with Gasteiger partial charge in [0.05, 0.1) is 23.9 Å². The molecule has 31 heavy (non-hydrogen) atoms.